The summed E-state index contributed by atoms with van der Waals surface area (Å²) in [6, 6.07) is 2.53. The van der Waals surface area contributed by atoms with E-state index in [0.717, 1.165) is 4.31 Å². The molecule has 1 saturated heterocycles. The van der Waals surface area contributed by atoms with E-state index in [1.54, 1.807) is 6.92 Å². The fourth-order valence-corrected chi connectivity index (χ4v) is 4.72. The van der Waals surface area contributed by atoms with Gasteiger partial charge >= 0.3 is 5.97 Å². The third-order valence-electron chi connectivity index (χ3n) is 2.82. The van der Waals surface area contributed by atoms with E-state index in [0.29, 0.717) is 0 Å². The maximum Gasteiger partial charge on any atom is 0.337 e. The van der Waals surface area contributed by atoms with Crippen molar-refractivity contribution >= 4 is 44.9 Å². The predicted molar refractivity (Wildman–Crippen MR) is 73.7 cm³/mol. The molecule has 0 radical (unpaired) electrons. The van der Waals surface area contributed by atoms with Gasteiger partial charge in [-0.15, -0.1) is 0 Å². The lowest BCUT2D eigenvalue weighted by Crippen LogP contribution is -2.27. The van der Waals surface area contributed by atoms with Crippen molar-refractivity contribution in [1.29, 1.82) is 0 Å². The molecule has 0 aliphatic carbocycles. The smallest absolute Gasteiger partial charge is 0.337 e. The monoisotopic (exact) mass is 323 g/mol. The van der Waals surface area contributed by atoms with Gasteiger partial charge in [0.2, 0.25) is 10.0 Å². The van der Waals surface area contributed by atoms with Crippen molar-refractivity contribution in [2.45, 2.75) is 6.92 Å². The Balaban J connectivity index is 2.66. The molecule has 0 amide bonds. The van der Waals surface area contributed by atoms with Gasteiger partial charge < -0.3 is 5.11 Å². The predicted octanol–water partition coefficient (Wildman–Crippen LogP) is 2.48. The molecule has 0 bridgehead atoms. The van der Waals surface area contributed by atoms with E-state index < -0.39 is 16.0 Å². The van der Waals surface area contributed by atoms with E-state index in [1.165, 1.54) is 12.1 Å². The van der Waals surface area contributed by atoms with Crippen LogP contribution >= 0.6 is 23.2 Å². The number of carboxylic acids is 1. The standard InChI is InChI=1S/C11H11Cl2NO4S/c1-6-4-14(19(17,18)5-6)10-8(11(15)16)2-7(12)3-9(10)13/h2-3,6H,4-5H2,1H3,(H,15,16). The van der Waals surface area contributed by atoms with Crippen LogP contribution in [0, 0.1) is 5.92 Å². The Morgan fingerprint density at radius 3 is 2.53 bits per heavy atom. The summed E-state index contributed by atoms with van der Waals surface area (Å²) in [5.74, 6) is -1.38. The summed E-state index contributed by atoms with van der Waals surface area (Å²) in [4.78, 5) is 11.2. The van der Waals surface area contributed by atoms with Crippen molar-refractivity contribution in [2.24, 2.45) is 5.92 Å². The summed E-state index contributed by atoms with van der Waals surface area (Å²) >= 11 is 11.7. The Labute approximate surface area is 120 Å². The van der Waals surface area contributed by atoms with Gasteiger partial charge in [0.1, 0.15) is 0 Å². The number of rotatable bonds is 2. The third-order valence-corrected chi connectivity index (χ3v) is 5.32. The van der Waals surface area contributed by atoms with Crippen molar-refractivity contribution in [3.63, 3.8) is 0 Å². The van der Waals surface area contributed by atoms with Crippen LogP contribution in [0.3, 0.4) is 0 Å². The zero-order valence-electron chi connectivity index (χ0n) is 9.93. The van der Waals surface area contributed by atoms with E-state index in [2.05, 4.69) is 0 Å². The fraction of sp³-hybridized carbons (Fsp3) is 0.364. The molecule has 1 fully saturated rings. The highest BCUT2D eigenvalue weighted by molar-refractivity contribution is 7.93. The highest BCUT2D eigenvalue weighted by atomic mass is 35.5. The lowest BCUT2D eigenvalue weighted by Gasteiger charge is -2.21. The lowest BCUT2D eigenvalue weighted by molar-refractivity contribution is 0.0697. The Bertz CT molecular complexity index is 644. The molecule has 1 aromatic rings. The second kappa shape index (κ2) is 4.85. The number of halogens is 2. The largest absolute Gasteiger partial charge is 0.478 e. The molecule has 1 aliphatic rings. The minimum Gasteiger partial charge on any atom is -0.478 e. The first-order chi connectivity index (χ1) is 8.72. The number of anilines is 1. The summed E-state index contributed by atoms with van der Waals surface area (Å²) in [5.41, 5.74) is -0.224. The Hall–Kier alpha value is -0.980. The van der Waals surface area contributed by atoms with Crippen molar-refractivity contribution in [3.8, 4) is 0 Å². The Morgan fingerprint density at radius 1 is 1.42 bits per heavy atom. The summed E-state index contributed by atoms with van der Waals surface area (Å²) in [6.07, 6.45) is 0. The van der Waals surface area contributed by atoms with Crippen LogP contribution in [0.2, 0.25) is 10.0 Å². The normalized spacial score (nSPS) is 21.6. The van der Waals surface area contributed by atoms with Gasteiger partial charge in [0.05, 0.1) is 22.0 Å². The fourth-order valence-electron chi connectivity index (χ4n) is 2.11. The molecule has 5 nitrogen and oxygen atoms in total. The molecular formula is C11H11Cl2NO4S. The van der Waals surface area contributed by atoms with Gasteiger partial charge in [-0.2, -0.15) is 0 Å². The van der Waals surface area contributed by atoms with Gasteiger partial charge in [-0.1, -0.05) is 30.1 Å². The molecule has 1 aliphatic heterocycles. The van der Waals surface area contributed by atoms with Crippen LogP contribution in [-0.4, -0.2) is 31.8 Å². The van der Waals surface area contributed by atoms with Crippen molar-refractivity contribution in [1.82, 2.24) is 0 Å². The zero-order valence-corrected chi connectivity index (χ0v) is 12.3. The molecule has 1 unspecified atom stereocenters. The molecule has 0 saturated carbocycles. The summed E-state index contributed by atoms with van der Waals surface area (Å²) in [5, 5.41) is 9.34. The maximum absolute atomic E-state index is 12.0. The van der Waals surface area contributed by atoms with Crippen LogP contribution in [0.15, 0.2) is 12.1 Å². The van der Waals surface area contributed by atoms with Crippen LogP contribution < -0.4 is 4.31 Å². The van der Waals surface area contributed by atoms with Crippen LogP contribution in [-0.2, 0) is 10.0 Å². The first-order valence-electron chi connectivity index (χ1n) is 5.45. The lowest BCUT2D eigenvalue weighted by atomic mass is 10.1. The number of sulfonamides is 1. The quantitative estimate of drug-likeness (QED) is 0.907. The van der Waals surface area contributed by atoms with Crippen LogP contribution in [0.4, 0.5) is 5.69 Å². The van der Waals surface area contributed by atoms with Crippen molar-refractivity contribution < 1.29 is 18.3 Å². The van der Waals surface area contributed by atoms with E-state index in [9.17, 15) is 18.3 Å². The van der Waals surface area contributed by atoms with E-state index in [1.807, 2.05) is 0 Å². The molecule has 2 rings (SSSR count). The second-order valence-corrected chi connectivity index (χ2v) is 7.29. The number of hydrogen-bond donors (Lipinski definition) is 1. The van der Waals surface area contributed by atoms with Gasteiger partial charge in [0.25, 0.3) is 0 Å². The molecule has 1 atom stereocenters. The number of nitrogens with zero attached hydrogens (tertiary/aromatic N) is 1. The first kappa shape index (κ1) is 14.4. The Morgan fingerprint density at radius 2 is 2.05 bits per heavy atom. The first-order valence-corrected chi connectivity index (χ1v) is 7.81. The van der Waals surface area contributed by atoms with Crippen LogP contribution in [0.5, 0.6) is 0 Å². The third kappa shape index (κ3) is 2.66. The van der Waals surface area contributed by atoms with E-state index in [4.69, 9.17) is 23.2 Å². The number of carboxylic acid groups (broad SMARTS) is 1. The number of carbonyl (C=O) groups is 1. The number of benzene rings is 1. The molecular weight excluding hydrogens is 313 g/mol. The van der Waals surface area contributed by atoms with Crippen LogP contribution in [0.25, 0.3) is 0 Å². The minimum atomic E-state index is -3.54. The average molecular weight is 324 g/mol. The van der Waals surface area contributed by atoms with Crippen molar-refractivity contribution in [3.05, 3.63) is 27.7 Å². The average Bonchev–Trinajstić information content (AvgIpc) is 2.50. The molecule has 0 spiro atoms. The molecule has 8 heteroatoms. The minimum absolute atomic E-state index is 0.0112. The highest BCUT2D eigenvalue weighted by Crippen LogP contribution is 2.37. The van der Waals surface area contributed by atoms with Crippen LogP contribution in [0.1, 0.15) is 17.3 Å². The SMILES string of the molecule is CC1CN(c2c(Cl)cc(Cl)cc2C(=O)O)S(=O)(=O)C1. The van der Waals surface area contributed by atoms with Gasteiger partial charge in [-0.25, -0.2) is 13.2 Å². The molecule has 104 valence electrons. The van der Waals surface area contributed by atoms with Gasteiger partial charge in [0.15, 0.2) is 0 Å². The Kier molecular flexibility index (Phi) is 3.68. The molecule has 1 heterocycles. The van der Waals surface area contributed by atoms with Gasteiger partial charge in [-0.3, -0.25) is 4.31 Å². The maximum atomic E-state index is 12.0. The highest BCUT2D eigenvalue weighted by Gasteiger charge is 2.37. The molecule has 1 aromatic carbocycles. The second-order valence-electron chi connectivity index (χ2n) is 4.50. The topological polar surface area (TPSA) is 74.7 Å². The zero-order chi connectivity index (χ0) is 14.4. The summed E-state index contributed by atoms with van der Waals surface area (Å²) in [7, 11) is -3.54. The number of hydrogen-bond acceptors (Lipinski definition) is 3. The molecule has 19 heavy (non-hydrogen) atoms. The van der Waals surface area contributed by atoms with Gasteiger partial charge in [-0.05, 0) is 18.1 Å². The molecule has 1 N–H and O–H groups in total. The van der Waals surface area contributed by atoms with Crippen molar-refractivity contribution in [2.75, 3.05) is 16.6 Å². The van der Waals surface area contributed by atoms with Gasteiger partial charge in [0, 0.05) is 11.6 Å². The summed E-state index contributed by atoms with van der Waals surface area (Å²) < 4.78 is 25.1. The molecule has 0 aromatic heterocycles. The number of aromatic carboxylic acids is 1. The van der Waals surface area contributed by atoms with E-state index >= 15 is 0 Å². The summed E-state index contributed by atoms with van der Waals surface area (Å²) in [6.45, 7) is 1.99. The van der Waals surface area contributed by atoms with E-state index in [-0.39, 0.29) is 39.5 Å².